The molecule has 2 heterocycles. The van der Waals surface area contributed by atoms with Crippen LogP contribution in [0.4, 0.5) is 5.82 Å². The van der Waals surface area contributed by atoms with E-state index in [-0.39, 0.29) is 5.82 Å². The number of aliphatic hydroxyl groups excluding tert-OH is 2. The number of alkyl halides is 1. The molecule has 17 nitrogen and oxygen atoms in total. The van der Waals surface area contributed by atoms with Gasteiger partial charge < -0.3 is 40.3 Å². The van der Waals surface area contributed by atoms with Gasteiger partial charge in [-0.05, 0) is 28.7 Å². The summed E-state index contributed by atoms with van der Waals surface area (Å²) >= 11 is 1.30. The van der Waals surface area contributed by atoms with Gasteiger partial charge in [-0.1, -0.05) is 0 Å². The first kappa shape index (κ1) is 26.0. The van der Waals surface area contributed by atoms with Gasteiger partial charge in [-0.3, -0.25) is 9.09 Å². The van der Waals surface area contributed by atoms with Crippen molar-refractivity contribution < 1.29 is 61.4 Å². The second-order valence-corrected chi connectivity index (χ2v) is 11.2. The van der Waals surface area contributed by atoms with Gasteiger partial charge in [0.25, 0.3) is 0 Å². The van der Waals surface area contributed by atoms with Crippen molar-refractivity contribution in [2.75, 3.05) is 5.73 Å². The fourth-order valence-electron chi connectivity index (χ4n) is 2.24. The van der Waals surface area contributed by atoms with Gasteiger partial charge in [0.05, 0.1) is 0 Å². The Morgan fingerprint density at radius 1 is 1.13 bits per heavy atom. The molecule has 1 aromatic heterocycles. The summed E-state index contributed by atoms with van der Waals surface area (Å²) in [5, 5.41) is 20.3. The Balaban J connectivity index is 2.13. The lowest BCUT2D eigenvalue weighted by molar-refractivity contribution is -0.0582. The molecule has 0 bridgehead atoms. The van der Waals surface area contributed by atoms with E-state index in [4.69, 9.17) is 25.2 Å². The van der Waals surface area contributed by atoms with E-state index in [0.29, 0.717) is 0 Å². The van der Waals surface area contributed by atoms with Crippen molar-refractivity contribution in [3.63, 3.8) is 0 Å². The third-order valence-corrected chi connectivity index (χ3v) is 8.50. The summed E-state index contributed by atoms with van der Waals surface area (Å²) in [5.74, 6) is -0.125. The number of halogens is 1. The quantitative estimate of drug-likeness (QED) is 0.101. The Hall–Kier alpha value is -0.300. The van der Waals surface area contributed by atoms with Crippen LogP contribution in [-0.4, -0.2) is 61.8 Å². The average molecular weight is 609 g/mol. The van der Waals surface area contributed by atoms with Gasteiger partial charge in [0, 0.05) is 6.20 Å². The third kappa shape index (κ3) is 6.85. The van der Waals surface area contributed by atoms with Crippen molar-refractivity contribution in [2.45, 2.75) is 28.7 Å². The number of rotatable bonds is 8. The number of nitrogens with zero attached hydrogens (tertiary/aromatic N) is 2. The first-order valence-corrected chi connectivity index (χ1v) is 13.1. The highest BCUT2D eigenvalue weighted by molar-refractivity contribution is 14.1. The van der Waals surface area contributed by atoms with Crippen molar-refractivity contribution >= 4 is 51.9 Å². The Kier molecular flexibility index (Phi) is 8.03. The Labute approximate surface area is 180 Å². The molecule has 2 rings (SSSR count). The lowest BCUT2D eigenvalue weighted by atomic mass is 10.1. The second kappa shape index (κ2) is 9.29. The largest absolute Gasteiger partial charge is 0.490 e. The lowest BCUT2D eigenvalue weighted by Crippen LogP contribution is -2.37. The zero-order valence-electron chi connectivity index (χ0n) is 14.2. The first-order valence-electron chi connectivity index (χ1n) is 7.34. The predicted octanol–water partition coefficient (Wildman–Crippen LogP) is -1.45. The molecule has 1 aliphatic rings. The number of hydrogen-bond acceptors (Lipinski definition) is 12. The lowest BCUT2D eigenvalue weighted by Gasteiger charge is -2.23. The summed E-state index contributed by atoms with van der Waals surface area (Å²) in [6.45, 7) is 0. The molecule has 7 atom stereocenters. The van der Waals surface area contributed by atoms with Crippen molar-refractivity contribution in [3.05, 3.63) is 22.7 Å². The third-order valence-electron chi connectivity index (χ3n) is 3.31. The number of anilines is 1. The number of nitrogen functional groups attached to an aromatic ring is 1. The molecule has 0 spiro atoms. The molecular formula is C9H15IN3O14P3. The molecule has 1 fully saturated rings. The zero-order chi connectivity index (χ0) is 23.1. The minimum absolute atomic E-state index is 0.125. The van der Waals surface area contributed by atoms with Crippen LogP contribution in [-0.2, 0) is 31.6 Å². The number of nitrogens with two attached hydrogens (primary N) is 1. The van der Waals surface area contributed by atoms with Crippen LogP contribution in [0, 0.1) is 0 Å². The van der Waals surface area contributed by atoms with Gasteiger partial charge in [-0.15, -0.1) is 0 Å². The van der Waals surface area contributed by atoms with E-state index < -0.39 is 57.8 Å². The van der Waals surface area contributed by atoms with E-state index >= 15 is 0 Å². The van der Waals surface area contributed by atoms with Crippen LogP contribution in [0.15, 0.2) is 17.1 Å². The molecule has 172 valence electrons. The molecule has 8 N–H and O–H groups in total. The maximum Gasteiger partial charge on any atom is 0.490 e. The van der Waals surface area contributed by atoms with Gasteiger partial charge in [0.2, 0.25) is 0 Å². The molecule has 0 saturated carbocycles. The van der Waals surface area contributed by atoms with E-state index in [9.17, 15) is 33.6 Å². The highest BCUT2D eigenvalue weighted by Crippen LogP contribution is 2.67. The topological polar surface area (TPSA) is 270 Å². The molecule has 3 unspecified atom stereocenters. The molecule has 1 saturated heterocycles. The summed E-state index contributed by atoms with van der Waals surface area (Å²) in [6, 6.07) is 1.20. The van der Waals surface area contributed by atoms with Crippen molar-refractivity contribution in [1.82, 2.24) is 9.55 Å². The van der Waals surface area contributed by atoms with Crippen LogP contribution < -0.4 is 11.4 Å². The molecule has 0 aliphatic carbocycles. The van der Waals surface area contributed by atoms with E-state index in [1.807, 2.05) is 0 Å². The first-order chi connectivity index (χ1) is 13.5. The van der Waals surface area contributed by atoms with Gasteiger partial charge in [-0.2, -0.15) is 13.6 Å². The maximum absolute atomic E-state index is 11.9. The summed E-state index contributed by atoms with van der Waals surface area (Å²) in [7, 11) is -16.8. The van der Waals surface area contributed by atoms with Crippen molar-refractivity contribution in [2.24, 2.45) is 0 Å². The van der Waals surface area contributed by atoms with Crippen LogP contribution in [0.25, 0.3) is 0 Å². The van der Waals surface area contributed by atoms with Crippen LogP contribution in [0.5, 0.6) is 0 Å². The zero-order valence-corrected chi connectivity index (χ0v) is 19.0. The second-order valence-electron chi connectivity index (χ2n) is 5.56. The number of phosphoric ester groups is 1. The summed E-state index contributed by atoms with van der Waals surface area (Å²) in [6.07, 6.45) is -5.50. The fraction of sp³-hybridized carbons (Fsp3) is 0.556. The van der Waals surface area contributed by atoms with Crippen LogP contribution >= 0.6 is 46.1 Å². The maximum atomic E-state index is 11.9. The Morgan fingerprint density at radius 3 is 2.27 bits per heavy atom. The minimum atomic E-state index is -5.74. The summed E-state index contributed by atoms with van der Waals surface area (Å²) in [5.41, 5.74) is 4.41. The average Bonchev–Trinajstić information content (AvgIpc) is 2.79. The summed E-state index contributed by atoms with van der Waals surface area (Å²) < 4.78 is 49.9. The normalized spacial score (nSPS) is 29.8. The molecule has 30 heavy (non-hydrogen) atoms. The highest BCUT2D eigenvalue weighted by atomic mass is 127. The monoisotopic (exact) mass is 609 g/mol. The molecule has 1 aromatic rings. The van der Waals surface area contributed by atoms with Crippen molar-refractivity contribution in [1.29, 1.82) is 0 Å². The van der Waals surface area contributed by atoms with Gasteiger partial charge >= 0.3 is 29.2 Å². The van der Waals surface area contributed by atoms with E-state index in [1.54, 1.807) is 0 Å². The number of aliphatic hydroxyl groups is 2. The summed E-state index contributed by atoms with van der Waals surface area (Å²) in [4.78, 5) is 50.9. The number of hydrogen-bond donors (Lipinski definition) is 7. The van der Waals surface area contributed by atoms with Crippen LogP contribution in [0.1, 0.15) is 6.23 Å². The van der Waals surface area contributed by atoms with Gasteiger partial charge in [0.15, 0.2) is 6.23 Å². The molecule has 0 amide bonds. The van der Waals surface area contributed by atoms with E-state index in [2.05, 4.69) is 18.1 Å². The Bertz CT molecular complexity index is 983. The minimum Gasteiger partial charge on any atom is -0.387 e. The van der Waals surface area contributed by atoms with Gasteiger partial charge in [-0.25, -0.2) is 18.5 Å². The molecule has 0 aromatic carbocycles. The molecule has 0 radical (unpaired) electrons. The SMILES string of the molecule is Nc1ccn([C@@H]2O[C@H](C(I)OP(=O)(O)OP(=O)(O)OP(=O)(O)O)[C@@H](O)[C@H]2O)c(=O)n1. The predicted molar refractivity (Wildman–Crippen MR) is 102 cm³/mol. The van der Waals surface area contributed by atoms with E-state index in [1.165, 1.54) is 28.7 Å². The highest BCUT2D eigenvalue weighted by Gasteiger charge is 2.50. The molecule has 21 heteroatoms. The molecule has 1 aliphatic heterocycles. The van der Waals surface area contributed by atoms with Crippen LogP contribution in [0.3, 0.4) is 0 Å². The smallest absolute Gasteiger partial charge is 0.387 e. The van der Waals surface area contributed by atoms with Crippen LogP contribution in [0.2, 0.25) is 0 Å². The number of ether oxygens (including phenoxy) is 1. The standard InChI is InChI=1S/C9H15IN3O14P3/c10-7(25-29(20,21)27-30(22,23)26-28(17,18)19)6-4(14)5(15)8(24-6)13-2-1-3(11)12-9(13)16/h1-2,4-8,14-15H,(H,20,21)(H,22,23)(H2,11,12,16)(H2,17,18,19)/t4-,5+,6-,7?,8+/m0/s1. The van der Waals surface area contributed by atoms with Gasteiger partial charge in [0.1, 0.15) is 28.2 Å². The number of phosphoric acid groups is 3. The number of aromatic nitrogens is 2. The fourth-order valence-corrected chi connectivity index (χ4v) is 6.73. The van der Waals surface area contributed by atoms with E-state index in [0.717, 1.165) is 10.8 Å². The molecular weight excluding hydrogens is 594 g/mol. The van der Waals surface area contributed by atoms with Crippen molar-refractivity contribution in [3.8, 4) is 0 Å². The Morgan fingerprint density at radius 2 is 1.73 bits per heavy atom.